The van der Waals surface area contributed by atoms with Crippen molar-refractivity contribution in [3.63, 3.8) is 0 Å². The number of rotatable bonds is 4. The Morgan fingerprint density at radius 3 is 2.00 bits per heavy atom. The average molecular weight is 387 g/mol. The van der Waals surface area contributed by atoms with E-state index in [9.17, 15) is 9.36 Å². The van der Waals surface area contributed by atoms with E-state index in [4.69, 9.17) is 0 Å². The Kier molecular flexibility index (Phi) is 7.26. The summed E-state index contributed by atoms with van der Waals surface area (Å²) in [5.41, 5.74) is 3.30. The molecule has 2 nitrogen and oxygen atoms in total. The quantitative estimate of drug-likeness (QED) is 0.705. The van der Waals surface area contributed by atoms with Crippen LogP contribution in [0.1, 0.15) is 27.0 Å². The second-order valence-corrected chi connectivity index (χ2v) is 12.5. The molecule has 115 valence electrons. The molecule has 0 bridgehead atoms. The minimum absolute atomic E-state index is 0. The van der Waals surface area contributed by atoms with Crippen LogP contribution in [0, 0.1) is 20.8 Å². The first-order valence-corrected chi connectivity index (χ1v) is 12.0. The summed E-state index contributed by atoms with van der Waals surface area (Å²) in [4.78, 5) is 13.0. The predicted molar refractivity (Wildman–Crippen MR) is 96.7 cm³/mol. The Morgan fingerprint density at radius 1 is 1.05 bits per heavy atom. The predicted octanol–water partition coefficient (Wildman–Crippen LogP) is 4.82. The van der Waals surface area contributed by atoms with E-state index in [1.54, 1.807) is 12.1 Å². The van der Waals surface area contributed by atoms with Gasteiger partial charge in [-0.1, -0.05) is 48.0 Å². The van der Waals surface area contributed by atoms with E-state index < -0.39 is 6.83 Å². The van der Waals surface area contributed by atoms with Gasteiger partial charge in [-0.15, -0.1) is 8.93 Å². The van der Waals surface area contributed by atoms with Crippen LogP contribution in [-0.4, -0.2) is 5.52 Å². The van der Waals surface area contributed by atoms with Crippen LogP contribution in [0.15, 0.2) is 42.5 Å². The van der Waals surface area contributed by atoms with E-state index in [2.05, 4.69) is 8.93 Å². The number of carbonyl (C=O) groups excluding carboxylic acids is 1. The molecule has 1 radical (unpaired) electrons. The van der Waals surface area contributed by atoms with Crippen LogP contribution >= 0.6 is 23.7 Å². The fraction of sp³-hybridized carbons (Fsp3) is 0.188. The Morgan fingerprint density at radius 2 is 1.55 bits per heavy atom. The summed E-state index contributed by atoms with van der Waals surface area (Å²) in [6, 6.07) is 13.0. The van der Waals surface area contributed by atoms with Crippen LogP contribution in [-0.2, 0) is 23.1 Å². The standard InChI is InChI=1S/C16H19O2P3.V/c1-11-9-12(2)15(13(3)10-11)16(17)21(18,20-19)14-7-5-4-6-8-14;/h4-10,20H,19H2,1-3H3;. The van der Waals surface area contributed by atoms with E-state index >= 15 is 0 Å². The van der Waals surface area contributed by atoms with E-state index in [0.29, 0.717) is 10.9 Å². The summed E-state index contributed by atoms with van der Waals surface area (Å²) in [6.07, 6.45) is 0. The molecule has 3 atom stereocenters. The maximum absolute atomic E-state index is 13.3. The van der Waals surface area contributed by atoms with Crippen LogP contribution in [0.4, 0.5) is 0 Å². The van der Waals surface area contributed by atoms with E-state index in [1.807, 2.05) is 51.1 Å². The number of hydrogen-bond donors (Lipinski definition) is 0. The van der Waals surface area contributed by atoms with Crippen molar-refractivity contribution < 1.29 is 27.9 Å². The molecule has 0 spiro atoms. The molecular weight excluding hydrogens is 368 g/mol. The summed E-state index contributed by atoms with van der Waals surface area (Å²) in [7, 11) is 2.50. The molecule has 0 saturated carbocycles. The molecule has 6 heteroatoms. The first-order valence-electron chi connectivity index (χ1n) is 6.66. The Bertz CT molecular complexity index is 706. The van der Waals surface area contributed by atoms with Crippen molar-refractivity contribution in [1.29, 1.82) is 0 Å². The fourth-order valence-electron chi connectivity index (χ4n) is 2.56. The molecule has 3 unspecified atom stereocenters. The molecule has 0 N–H and O–H groups in total. The number of carbonyl (C=O) groups is 1. The summed E-state index contributed by atoms with van der Waals surface area (Å²) in [5.74, 6) is 0. The van der Waals surface area contributed by atoms with Gasteiger partial charge >= 0.3 is 0 Å². The Hall–Kier alpha value is -0.216. The molecule has 22 heavy (non-hydrogen) atoms. The van der Waals surface area contributed by atoms with Crippen LogP contribution in [0.5, 0.6) is 0 Å². The van der Waals surface area contributed by atoms with E-state index in [1.165, 1.54) is 0 Å². The molecule has 0 aliphatic heterocycles. The van der Waals surface area contributed by atoms with Gasteiger partial charge in [0.05, 0.1) is 0 Å². The molecular formula is C16H19O2P3V. The zero-order valence-corrected chi connectivity index (χ0v) is 17.3. The monoisotopic (exact) mass is 387 g/mol. The second kappa shape index (κ2) is 8.05. The van der Waals surface area contributed by atoms with Gasteiger partial charge in [0.15, 0.2) is 0 Å². The molecule has 2 aromatic carbocycles. The van der Waals surface area contributed by atoms with Gasteiger partial charge in [0.25, 0.3) is 0 Å². The maximum Gasteiger partial charge on any atom is 0.230 e. The minimum atomic E-state index is -3.08. The van der Waals surface area contributed by atoms with Crippen molar-refractivity contribution in [2.75, 3.05) is 0 Å². The maximum atomic E-state index is 13.3. The van der Waals surface area contributed by atoms with E-state index in [-0.39, 0.29) is 32.0 Å². The van der Waals surface area contributed by atoms with Crippen molar-refractivity contribution in [2.24, 2.45) is 0 Å². The van der Waals surface area contributed by atoms with Gasteiger partial charge in [0.2, 0.25) is 12.4 Å². The third-order valence-electron chi connectivity index (χ3n) is 3.48. The molecule has 0 aliphatic rings. The fourth-order valence-corrected chi connectivity index (χ4v) is 8.30. The summed E-state index contributed by atoms with van der Waals surface area (Å²) >= 11 is 0. The number of hydrogen-bond acceptors (Lipinski definition) is 2. The SMILES string of the molecule is Cc1cc(C)c(C(=O)P(=O)(PP)c2ccccc2)c(C)c1.[V]. The van der Waals surface area contributed by atoms with Gasteiger partial charge in [-0.2, -0.15) is 0 Å². The normalized spacial score (nSPS) is 13.6. The Labute approximate surface area is 147 Å². The van der Waals surface area contributed by atoms with Crippen molar-refractivity contribution >= 4 is 34.5 Å². The minimum Gasteiger partial charge on any atom is -0.306 e. The zero-order valence-electron chi connectivity index (χ0n) is 12.8. The van der Waals surface area contributed by atoms with Gasteiger partial charge in [-0.3, -0.25) is 4.79 Å². The second-order valence-electron chi connectivity index (χ2n) is 5.15. The zero-order chi connectivity index (χ0) is 15.6. The first kappa shape index (κ1) is 19.8. The molecule has 2 rings (SSSR count). The molecule has 2 aromatic rings. The van der Waals surface area contributed by atoms with Crippen molar-refractivity contribution in [1.82, 2.24) is 0 Å². The van der Waals surface area contributed by atoms with Crippen molar-refractivity contribution in [2.45, 2.75) is 20.8 Å². The number of aryl methyl sites for hydroxylation is 3. The molecule has 0 heterocycles. The van der Waals surface area contributed by atoms with Gasteiger partial charge in [0.1, 0.15) is 0 Å². The topological polar surface area (TPSA) is 34.1 Å². The number of benzene rings is 2. The van der Waals surface area contributed by atoms with Gasteiger partial charge < -0.3 is 4.57 Å². The first-order chi connectivity index (χ1) is 9.90. The molecule has 0 fully saturated rings. The van der Waals surface area contributed by atoms with Crippen LogP contribution < -0.4 is 5.30 Å². The van der Waals surface area contributed by atoms with Crippen LogP contribution in [0.25, 0.3) is 0 Å². The summed E-state index contributed by atoms with van der Waals surface area (Å²) in [6.45, 7) is 2.74. The van der Waals surface area contributed by atoms with Gasteiger partial charge in [0, 0.05) is 29.4 Å². The smallest absolute Gasteiger partial charge is 0.230 e. The Balaban J connectivity index is 0.00000242. The third-order valence-corrected chi connectivity index (χ3v) is 11.4. The van der Waals surface area contributed by atoms with E-state index in [0.717, 1.165) is 16.7 Å². The van der Waals surface area contributed by atoms with Crippen molar-refractivity contribution in [3.05, 3.63) is 64.7 Å². The largest absolute Gasteiger partial charge is 0.306 e. The third kappa shape index (κ3) is 3.81. The average Bonchev–Trinajstić information content (AvgIpc) is 2.46. The molecule has 0 saturated heterocycles. The van der Waals surface area contributed by atoms with Crippen LogP contribution in [0.2, 0.25) is 0 Å². The van der Waals surface area contributed by atoms with Crippen molar-refractivity contribution in [3.8, 4) is 0 Å². The van der Waals surface area contributed by atoms with Crippen LogP contribution in [0.3, 0.4) is 0 Å². The molecule has 0 amide bonds. The summed E-state index contributed by atoms with van der Waals surface area (Å²) in [5, 5.41) is 0.641. The summed E-state index contributed by atoms with van der Waals surface area (Å²) < 4.78 is 13.3. The van der Waals surface area contributed by atoms with Gasteiger partial charge in [-0.25, -0.2) is 0 Å². The molecule has 0 aromatic heterocycles. The van der Waals surface area contributed by atoms with Gasteiger partial charge in [-0.05, 0) is 39.9 Å². The molecule has 0 aliphatic carbocycles.